The van der Waals surface area contributed by atoms with Crippen LogP contribution in [-0.2, 0) is 6.42 Å². The molecule has 0 spiro atoms. The first-order valence-corrected chi connectivity index (χ1v) is 9.74. The third-order valence-electron chi connectivity index (χ3n) is 4.55. The molecule has 0 bridgehead atoms. The minimum atomic E-state index is 0.468. The zero-order valence-electron chi connectivity index (χ0n) is 14.9. The van der Waals surface area contributed by atoms with Gasteiger partial charge in [0, 0.05) is 27.4 Å². The van der Waals surface area contributed by atoms with Gasteiger partial charge in [-0.1, -0.05) is 43.0 Å². The minimum Gasteiger partial charge on any atom is -0.492 e. The fourth-order valence-corrected chi connectivity index (χ4v) is 4.41. The Kier molecular flexibility index (Phi) is 5.85. The van der Waals surface area contributed by atoms with Crippen LogP contribution in [0.2, 0.25) is 0 Å². The number of hydrogen-bond acceptors (Lipinski definition) is 3. The predicted molar refractivity (Wildman–Crippen MR) is 102 cm³/mol. The van der Waals surface area contributed by atoms with E-state index in [4.69, 9.17) is 4.74 Å². The average Bonchev–Trinajstić information content (AvgIpc) is 2.60. The lowest BCUT2D eigenvalue weighted by Gasteiger charge is -2.38. The van der Waals surface area contributed by atoms with E-state index < -0.39 is 0 Å². The number of nitrogens with zero attached hydrogens (tertiary/aromatic N) is 1. The van der Waals surface area contributed by atoms with Crippen LogP contribution < -0.4 is 4.74 Å². The molecule has 1 heterocycles. The fourth-order valence-electron chi connectivity index (χ4n) is 3.41. The second-order valence-electron chi connectivity index (χ2n) is 6.65. The van der Waals surface area contributed by atoms with Gasteiger partial charge in [-0.2, -0.15) is 0 Å². The van der Waals surface area contributed by atoms with E-state index in [2.05, 4.69) is 74.2 Å². The van der Waals surface area contributed by atoms with E-state index in [0.717, 1.165) is 25.3 Å². The number of ether oxygens (including phenoxy) is 1. The number of rotatable bonds is 6. The maximum absolute atomic E-state index is 6.14. The molecule has 2 aromatic carbocycles. The quantitative estimate of drug-likeness (QED) is 0.711. The summed E-state index contributed by atoms with van der Waals surface area (Å²) in [6, 6.07) is 18.1. The molecule has 0 aromatic heterocycles. The van der Waals surface area contributed by atoms with Crippen LogP contribution in [0.4, 0.5) is 0 Å². The second-order valence-corrected chi connectivity index (χ2v) is 7.76. The van der Waals surface area contributed by atoms with E-state index >= 15 is 0 Å². The molecule has 1 aliphatic heterocycles. The van der Waals surface area contributed by atoms with Gasteiger partial charge in [0.15, 0.2) is 0 Å². The first-order valence-electron chi connectivity index (χ1n) is 8.92. The Morgan fingerprint density at radius 3 is 2.62 bits per heavy atom. The van der Waals surface area contributed by atoms with Crippen molar-refractivity contribution in [3.8, 4) is 5.75 Å². The summed E-state index contributed by atoms with van der Waals surface area (Å²) < 4.78 is 6.14. The zero-order valence-corrected chi connectivity index (χ0v) is 15.7. The molecule has 0 aliphatic carbocycles. The van der Waals surface area contributed by atoms with Crippen molar-refractivity contribution in [3.05, 3.63) is 54.1 Å². The van der Waals surface area contributed by atoms with E-state index in [0.29, 0.717) is 12.1 Å². The highest BCUT2D eigenvalue weighted by atomic mass is 32.2. The van der Waals surface area contributed by atoms with Gasteiger partial charge in [0.25, 0.3) is 0 Å². The number of benzene rings is 2. The van der Waals surface area contributed by atoms with Crippen molar-refractivity contribution >= 4 is 11.8 Å². The van der Waals surface area contributed by atoms with Crippen molar-refractivity contribution in [1.29, 1.82) is 0 Å². The molecule has 0 amide bonds. The summed E-state index contributed by atoms with van der Waals surface area (Å²) in [7, 11) is 0. The molecule has 0 fully saturated rings. The summed E-state index contributed by atoms with van der Waals surface area (Å²) in [6.45, 7) is 8.76. The smallest absolute Gasteiger partial charge is 0.123 e. The standard InChI is InChI=1S/C21H27NOS/c1-4-13-22(16(2)3)17-14-19-20(23-15-17)11-8-12-21(19)24-18-9-6-5-7-10-18/h5-12,16-17H,4,13-15H2,1-3H3. The fraction of sp³-hybridized carbons (Fsp3) is 0.429. The van der Waals surface area contributed by atoms with E-state index in [1.165, 1.54) is 21.8 Å². The van der Waals surface area contributed by atoms with Crippen molar-refractivity contribution in [2.45, 2.75) is 55.5 Å². The largest absolute Gasteiger partial charge is 0.492 e. The Morgan fingerprint density at radius 2 is 1.92 bits per heavy atom. The predicted octanol–water partition coefficient (Wildman–Crippen LogP) is 5.26. The Hall–Kier alpha value is -1.45. The summed E-state index contributed by atoms with van der Waals surface area (Å²) in [4.78, 5) is 5.19. The highest BCUT2D eigenvalue weighted by molar-refractivity contribution is 7.99. The molecule has 0 saturated carbocycles. The molecular formula is C21H27NOS. The lowest BCUT2D eigenvalue weighted by molar-refractivity contribution is 0.0916. The van der Waals surface area contributed by atoms with Gasteiger partial charge < -0.3 is 4.74 Å². The molecule has 128 valence electrons. The highest BCUT2D eigenvalue weighted by Gasteiger charge is 2.28. The Balaban J connectivity index is 1.84. The first-order chi connectivity index (χ1) is 11.7. The zero-order chi connectivity index (χ0) is 16.9. The third-order valence-corrected chi connectivity index (χ3v) is 5.66. The molecule has 0 N–H and O–H groups in total. The summed E-state index contributed by atoms with van der Waals surface area (Å²) in [5, 5.41) is 0. The molecule has 24 heavy (non-hydrogen) atoms. The van der Waals surface area contributed by atoms with E-state index in [1.807, 2.05) is 11.8 Å². The normalized spacial score (nSPS) is 17.0. The Labute approximate surface area is 150 Å². The Morgan fingerprint density at radius 1 is 1.12 bits per heavy atom. The van der Waals surface area contributed by atoms with E-state index in [1.54, 1.807) is 0 Å². The maximum atomic E-state index is 6.14. The van der Waals surface area contributed by atoms with Crippen LogP contribution in [-0.4, -0.2) is 30.1 Å². The van der Waals surface area contributed by atoms with Crippen molar-refractivity contribution in [2.24, 2.45) is 0 Å². The van der Waals surface area contributed by atoms with Crippen molar-refractivity contribution in [1.82, 2.24) is 4.90 Å². The van der Waals surface area contributed by atoms with Gasteiger partial charge in [-0.3, -0.25) is 4.90 Å². The lowest BCUT2D eigenvalue weighted by atomic mass is 10.00. The Bertz CT molecular complexity index is 656. The van der Waals surface area contributed by atoms with Gasteiger partial charge in [-0.25, -0.2) is 0 Å². The molecule has 1 aliphatic rings. The van der Waals surface area contributed by atoms with E-state index in [-0.39, 0.29) is 0 Å². The monoisotopic (exact) mass is 341 g/mol. The van der Waals surface area contributed by atoms with Crippen LogP contribution >= 0.6 is 11.8 Å². The topological polar surface area (TPSA) is 12.5 Å². The van der Waals surface area contributed by atoms with E-state index in [9.17, 15) is 0 Å². The van der Waals surface area contributed by atoms with Gasteiger partial charge in [0.05, 0.1) is 0 Å². The van der Waals surface area contributed by atoms with Gasteiger partial charge in [0.2, 0.25) is 0 Å². The van der Waals surface area contributed by atoms with Crippen molar-refractivity contribution < 1.29 is 4.74 Å². The van der Waals surface area contributed by atoms with Gasteiger partial charge in [-0.15, -0.1) is 0 Å². The second kappa shape index (κ2) is 8.09. The molecule has 3 heteroatoms. The van der Waals surface area contributed by atoms with Crippen LogP contribution in [0.25, 0.3) is 0 Å². The van der Waals surface area contributed by atoms with Crippen LogP contribution in [0.1, 0.15) is 32.8 Å². The van der Waals surface area contributed by atoms with Crippen LogP contribution in [0.3, 0.4) is 0 Å². The highest BCUT2D eigenvalue weighted by Crippen LogP contribution is 2.38. The van der Waals surface area contributed by atoms with Crippen molar-refractivity contribution in [3.63, 3.8) is 0 Å². The third kappa shape index (κ3) is 3.96. The molecular weight excluding hydrogens is 314 g/mol. The van der Waals surface area contributed by atoms with Gasteiger partial charge in [-0.05, 0) is 57.5 Å². The molecule has 1 atom stereocenters. The SMILES string of the molecule is CCCN(C(C)C)C1COc2cccc(Sc3ccccc3)c2C1. The van der Waals surface area contributed by atoms with Crippen LogP contribution in [0, 0.1) is 0 Å². The summed E-state index contributed by atoms with van der Waals surface area (Å²) >= 11 is 1.84. The maximum Gasteiger partial charge on any atom is 0.123 e. The molecule has 3 rings (SSSR count). The molecule has 0 saturated heterocycles. The molecule has 0 radical (unpaired) electrons. The summed E-state index contributed by atoms with van der Waals surface area (Å²) in [5.74, 6) is 1.06. The minimum absolute atomic E-state index is 0.468. The van der Waals surface area contributed by atoms with Crippen molar-refractivity contribution in [2.75, 3.05) is 13.2 Å². The van der Waals surface area contributed by atoms with Crippen LogP contribution in [0.15, 0.2) is 58.3 Å². The van der Waals surface area contributed by atoms with Gasteiger partial charge in [0.1, 0.15) is 12.4 Å². The molecule has 1 unspecified atom stereocenters. The van der Waals surface area contributed by atoms with Gasteiger partial charge >= 0.3 is 0 Å². The summed E-state index contributed by atoms with van der Waals surface area (Å²) in [6.07, 6.45) is 2.26. The lowest BCUT2D eigenvalue weighted by Crippen LogP contribution is -2.47. The average molecular weight is 342 g/mol. The summed E-state index contributed by atoms with van der Waals surface area (Å²) in [5.41, 5.74) is 1.37. The van der Waals surface area contributed by atoms with Crippen LogP contribution in [0.5, 0.6) is 5.75 Å². The number of hydrogen-bond donors (Lipinski definition) is 0. The molecule has 2 aromatic rings. The first kappa shape index (κ1) is 17.4. The molecule has 2 nitrogen and oxygen atoms in total. The number of fused-ring (bicyclic) bond motifs is 1.